The zero-order chi connectivity index (χ0) is 19.2. The van der Waals surface area contributed by atoms with Crippen molar-refractivity contribution in [3.63, 3.8) is 0 Å². The lowest BCUT2D eigenvalue weighted by Crippen LogP contribution is -2.49. The normalized spacial score (nSPS) is 15.8. The Bertz CT molecular complexity index is 732. The molecule has 0 spiro atoms. The van der Waals surface area contributed by atoms with Crippen LogP contribution in [0.15, 0.2) is 30.3 Å². The smallest absolute Gasteiger partial charge is 0.324 e. The van der Waals surface area contributed by atoms with Crippen LogP contribution in [0.2, 0.25) is 0 Å². The van der Waals surface area contributed by atoms with Crippen LogP contribution in [0, 0.1) is 0 Å². The van der Waals surface area contributed by atoms with Crippen LogP contribution in [0.5, 0.6) is 0 Å². The maximum Gasteiger partial charge on any atom is 0.324 e. The van der Waals surface area contributed by atoms with E-state index in [1.54, 1.807) is 4.90 Å². The van der Waals surface area contributed by atoms with E-state index in [9.17, 15) is 18.0 Å². The number of sulfonamides is 1. The first-order valence-corrected chi connectivity index (χ1v) is 10.5. The van der Waals surface area contributed by atoms with E-state index < -0.39 is 15.6 Å². The summed E-state index contributed by atoms with van der Waals surface area (Å²) >= 11 is 0. The number of carbonyl (C=O) groups excluding carboxylic acids is 2. The van der Waals surface area contributed by atoms with Crippen LogP contribution < -0.4 is 10.0 Å². The topological polar surface area (TPSA) is 95.6 Å². The summed E-state index contributed by atoms with van der Waals surface area (Å²) in [5.74, 6) is -0.196. The van der Waals surface area contributed by atoms with Crippen molar-refractivity contribution in [2.75, 3.05) is 18.8 Å². The van der Waals surface area contributed by atoms with Crippen molar-refractivity contribution < 1.29 is 18.0 Å². The fourth-order valence-electron chi connectivity index (χ4n) is 2.94. The van der Waals surface area contributed by atoms with Crippen molar-refractivity contribution in [1.82, 2.24) is 14.9 Å². The number of nitrogens with zero attached hydrogens (tertiary/aromatic N) is 1. The van der Waals surface area contributed by atoms with Crippen molar-refractivity contribution in [2.24, 2.45) is 0 Å². The second kappa shape index (κ2) is 8.64. The molecule has 0 atom stereocenters. The van der Waals surface area contributed by atoms with Gasteiger partial charge in [0.1, 0.15) is 0 Å². The maximum atomic E-state index is 12.3. The second-order valence-corrected chi connectivity index (χ2v) is 8.90. The van der Waals surface area contributed by atoms with Gasteiger partial charge in [0.25, 0.3) is 0 Å². The Morgan fingerprint density at radius 3 is 2.46 bits per heavy atom. The van der Waals surface area contributed by atoms with E-state index in [1.165, 1.54) is 0 Å². The van der Waals surface area contributed by atoms with Gasteiger partial charge in [-0.1, -0.05) is 36.8 Å². The molecule has 1 aromatic carbocycles. The third-order valence-corrected chi connectivity index (χ3v) is 6.04. The standard InChI is InChI=1S/C18H27N3O4S/c1-18(2,15-9-5-3-6-10-15)20-26(24,25)14-8-4-7-12-21-13-11-16(22)19-17(21)23/h3,5-6,9-10,20H,4,7-8,11-14H2,1-2H3,(H,19,22,23). The predicted molar refractivity (Wildman–Crippen MR) is 100.0 cm³/mol. The van der Waals surface area contributed by atoms with Crippen LogP contribution in [-0.4, -0.2) is 44.1 Å². The molecule has 0 bridgehead atoms. The van der Waals surface area contributed by atoms with Gasteiger partial charge in [-0.2, -0.15) is 0 Å². The number of hydrogen-bond acceptors (Lipinski definition) is 4. The maximum absolute atomic E-state index is 12.3. The zero-order valence-corrected chi connectivity index (χ0v) is 16.1. The number of hydrogen-bond donors (Lipinski definition) is 2. The summed E-state index contributed by atoms with van der Waals surface area (Å²) in [5, 5.41) is 2.28. The van der Waals surface area contributed by atoms with Gasteiger partial charge in [0.05, 0.1) is 11.3 Å². The highest BCUT2D eigenvalue weighted by atomic mass is 32.2. The van der Waals surface area contributed by atoms with Crippen LogP contribution in [0.3, 0.4) is 0 Å². The number of benzene rings is 1. The summed E-state index contributed by atoms with van der Waals surface area (Å²) < 4.78 is 27.5. The van der Waals surface area contributed by atoms with Crippen LogP contribution in [0.1, 0.15) is 45.1 Å². The number of urea groups is 1. The van der Waals surface area contributed by atoms with E-state index in [0.29, 0.717) is 38.8 Å². The molecule has 1 heterocycles. The van der Waals surface area contributed by atoms with E-state index in [0.717, 1.165) is 5.56 Å². The Morgan fingerprint density at radius 1 is 1.12 bits per heavy atom. The molecule has 8 heteroatoms. The SMILES string of the molecule is CC(C)(NS(=O)(=O)CCCCCN1CCC(=O)NC1=O)c1ccccc1. The number of amides is 3. The van der Waals surface area contributed by atoms with Gasteiger partial charge in [-0.25, -0.2) is 17.9 Å². The molecule has 0 unspecified atom stereocenters. The average Bonchev–Trinajstić information content (AvgIpc) is 2.56. The number of carbonyl (C=O) groups is 2. The number of imide groups is 1. The molecule has 1 aliphatic rings. The molecule has 0 radical (unpaired) electrons. The first-order valence-electron chi connectivity index (χ1n) is 8.85. The molecule has 1 fully saturated rings. The minimum atomic E-state index is -3.40. The van der Waals surface area contributed by atoms with Gasteiger partial charge >= 0.3 is 6.03 Å². The fourth-order valence-corrected chi connectivity index (χ4v) is 4.52. The lowest BCUT2D eigenvalue weighted by molar-refractivity contribution is -0.121. The van der Waals surface area contributed by atoms with Crippen molar-refractivity contribution in [3.05, 3.63) is 35.9 Å². The van der Waals surface area contributed by atoms with E-state index in [1.807, 2.05) is 44.2 Å². The van der Waals surface area contributed by atoms with Crippen molar-refractivity contribution >= 4 is 22.0 Å². The molecule has 0 aliphatic carbocycles. The molecule has 3 amide bonds. The minimum Gasteiger partial charge on any atom is -0.324 e. The van der Waals surface area contributed by atoms with Gasteiger partial charge in [0.2, 0.25) is 15.9 Å². The first kappa shape index (κ1) is 20.4. The molecule has 1 aromatic rings. The number of rotatable bonds is 9. The summed E-state index contributed by atoms with van der Waals surface area (Å²) in [6.45, 7) is 4.64. The summed E-state index contributed by atoms with van der Waals surface area (Å²) in [5.41, 5.74) is 0.243. The van der Waals surface area contributed by atoms with Crippen molar-refractivity contribution in [3.8, 4) is 0 Å². The monoisotopic (exact) mass is 381 g/mol. The Kier molecular flexibility index (Phi) is 6.77. The highest BCUT2D eigenvalue weighted by Crippen LogP contribution is 2.21. The Balaban J connectivity index is 1.73. The molecule has 26 heavy (non-hydrogen) atoms. The molecule has 2 rings (SSSR count). The quantitative estimate of drug-likeness (QED) is 0.639. The summed E-state index contributed by atoms with van der Waals surface area (Å²) in [4.78, 5) is 24.3. The van der Waals surface area contributed by atoms with Crippen LogP contribution in [0.4, 0.5) is 4.79 Å². The van der Waals surface area contributed by atoms with Crippen LogP contribution in [0.25, 0.3) is 0 Å². The van der Waals surface area contributed by atoms with Gasteiger partial charge in [0, 0.05) is 19.5 Å². The highest BCUT2D eigenvalue weighted by Gasteiger charge is 2.26. The van der Waals surface area contributed by atoms with E-state index in [-0.39, 0.29) is 17.7 Å². The molecular formula is C18H27N3O4S. The van der Waals surface area contributed by atoms with E-state index >= 15 is 0 Å². The van der Waals surface area contributed by atoms with Crippen molar-refractivity contribution in [2.45, 2.75) is 45.1 Å². The third kappa shape index (κ3) is 6.10. The molecule has 7 nitrogen and oxygen atoms in total. The Hall–Kier alpha value is -1.93. The first-order chi connectivity index (χ1) is 12.2. The summed E-state index contributed by atoms with van der Waals surface area (Å²) in [6.07, 6.45) is 2.25. The molecular weight excluding hydrogens is 354 g/mol. The number of unbranched alkanes of at least 4 members (excludes halogenated alkanes) is 2. The fraction of sp³-hybridized carbons (Fsp3) is 0.556. The molecule has 0 aromatic heterocycles. The lowest BCUT2D eigenvalue weighted by atomic mass is 9.96. The Labute approximate surface area is 155 Å². The molecule has 144 valence electrons. The van der Waals surface area contributed by atoms with Gasteiger partial charge in [-0.3, -0.25) is 10.1 Å². The van der Waals surface area contributed by atoms with Crippen molar-refractivity contribution in [1.29, 1.82) is 0 Å². The third-order valence-electron chi connectivity index (χ3n) is 4.39. The van der Waals surface area contributed by atoms with Gasteiger partial charge in [-0.05, 0) is 32.3 Å². The van der Waals surface area contributed by atoms with Crippen LogP contribution in [-0.2, 0) is 20.4 Å². The highest BCUT2D eigenvalue weighted by molar-refractivity contribution is 7.89. The lowest BCUT2D eigenvalue weighted by Gasteiger charge is -2.27. The summed E-state index contributed by atoms with van der Waals surface area (Å²) in [6, 6.07) is 9.10. The second-order valence-electron chi connectivity index (χ2n) is 7.06. The molecule has 0 saturated carbocycles. The summed E-state index contributed by atoms with van der Waals surface area (Å²) in [7, 11) is -3.40. The van der Waals surface area contributed by atoms with E-state index in [2.05, 4.69) is 10.0 Å². The van der Waals surface area contributed by atoms with Gasteiger partial charge in [-0.15, -0.1) is 0 Å². The van der Waals surface area contributed by atoms with Crippen LogP contribution >= 0.6 is 0 Å². The van der Waals surface area contributed by atoms with Gasteiger partial charge in [0.15, 0.2) is 0 Å². The zero-order valence-electron chi connectivity index (χ0n) is 15.3. The number of nitrogens with one attached hydrogen (secondary N) is 2. The molecule has 1 saturated heterocycles. The predicted octanol–water partition coefficient (Wildman–Crippen LogP) is 1.95. The molecule has 1 aliphatic heterocycles. The van der Waals surface area contributed by atoms with E-state index in [4.69, 9.17) is 0 Å². The average molecular weight is 381 g/mol. The Morgan fingerprint density at radius 2 is 1.81 bits per heavy atom. The minimum absolute atomic E-state index is 0.0495. The largest absolute Gasteiger partial charge is 0.324 e. The van der Waals surface area contributed by atoms with Gasteiger partial charge < -0.3 is 4.90 Å². The molecule has 2 N–H and O–H groups in total.